The van der Waals surface area contributed by atoms with Gasteiger partial charge in [0.25, 0.3) is 0 Å². The van der Waals surface area contributed by atoms with Crippen molar-refractivity contribution in [1.29, 1.82) is 0 Å². The van der Waals surface area contributed by atoms with Crippen LogP contribution in [0, 0.1) is 12.8 Å². The van der Waals surface area contributed by atoms with Crippen molar-refractivity contribution >= 4 is 5.78 Å². The molecule has 0 heterocycles. The van der Waals surface area contributed by atoms with Gasteiger partial charge in [-0.25, -0.2) is 0 Å². The fraction of sp³-hybridized carbons (Fsp3) is 0.462. The summed E-state index contributed by atoms with van der Waals surface area (Å²) in [4.78, 5) is 11.5. The quantitative estimate of drug-likeness (QED) is 0.804. The molecule has 0 amide bonds. The van der Waals surface area contributed by atoms with E-state index >= 15 is 0 Å². The summed E-state index contributed by atoms with van der Waals surface area (Å²) < 4.78 is 0. The molecule has 2 heteroatoms. The minimum Gasteiger partial charge on any atom is -0.508 e. The molecule has 1 saturated carbocycles. The summed E-state index contributed by atoms with van der Waals surface area (Å²) in [6.45, 7) is 2.00. The van der Waals surface area contributed by atoms with E-state index in [0.717, 1.165) is 30.4 Å². The number of phenolic OH excluding ortho intramolecular Hbond substituents is 1. The van der Waals surface area contributed by atoms with Gasteiger partial charge in [0, 0.05) is 12.3 Å². The molecule has 0 aliphatic heterocycles. The van der Waals surface area contributed by atoms with E-state index < -0.39 is 0 Å². The van der Waals surface area contributed by atoms with Gasteiger partial charge < -0.3 is 5.11 Å². The van der Waals surface area contributed by atoms with Crippen LogP contribution in [0.15, 0.2) is 18.2 Å². The highest BCUT2D eigenvalue weighted by Crippen LogP contribution is 2.28. The Labute approximate surface area is 89.9 Å². The number of ketones is 1. The van der Waals surface area contributed by atoms with Crippen molar-refractivity contribution in [3.05, 3.63) is 29.3 Å². The maximum Gasteiger partial charge on any atom is 0.136 e. The number of benzene rings is 1. The second-order valence-electron chi connectivity index (χ2n) is 4.39. The molecular weight excluding hydrogens is 188 g/mol. The zero-order valence-electron chi connectivity index (χ0n) is 8.99. The number of hydrogen-bond acceptors (Lipinski definition) is 2. The van der Waals surface area contributed by atoms with Gasteiger partial charge in [0.1, 0.15) is 11.5 Å². The van der Waals surface area contributed by atoms with E-state index in [9.17, 15) is 9.90 Å². The molecule has 0 radical (unpaired) electrons. The first kappa shape index (κ1) is 10.2. The number of aromatic hydroxyl groups is 1. The van der Waals surface area contributed by atoms with Gasteiger partial charge in [0.2, 0.25) is 0 Å². The SMILES string of the molecule is Cc1ccc(O)c(CC2CCCC2=O)c1. The van der Waals surface area contributed by atoms with E-state index in [0.29, 0.717) is 18.0 Å². The minimum absolute atomic E-state index is 0.137. The van der Waals surface area contributed by atoms with Crippen molar-refractivity contribution < 1.29 is 9.90 Å². The van der Waals surface area contributed by atoms with E-state index in [1.54, 1.807) is 6.07 Å². The van der Waals surface area contributed by atoms with E-state index in [1.807, 2.05) is 19.1 Å². The zero-order valence-corrected chi connectivity index (χ0v) is 8.99. The lowest BCUT2D eigenvalue weighted by Gasteiger charge is -2.10. The molecule has 1 unspecified atom stereocenters. The predicted octanol–water partition coefficient (Wildman–Crippen LogP) is 2.61. The highest BCUT2D eigenvalue weighted by molar-refractivity contribution is 5.83. The van der Waals surface area contributed by atoms with Gasteiger partial charge in [-0.3, -0.25) is 4.79 Å². The summed E-state index contributed by atoms with van der Waals surface area (Å²) in [5.74, 6) is 0.814. The number of hydrogen-bond donors (Lipinski definition) is 1. The molecule has 0 saturated heterocycles. The van der Waals surface area contributed by atoms with Gasteiger partial charge in [-0.15, -0.1) is 0 Å². The Hall–Kier alpha value is -1.31. The first-order valence-electron chi connectivity index (χ1n) is 5.48. The first-order chi connectivity index (χ1) is 7.16. The lowest BCUT2D eigenvalue weighted by molar-refractivity contribution is -0.120. The molecule has 0 spiro atoms. The van der Waals surface area contributed by atoms with Crippen molar-refractivity contribution in [2.24, 2.45) is 5.92 Å². The van der Waals surface area contributed by atoms with E-state index in [-0.39, 0.29) is 5.92 Å². The largest absolute Gasteiger partial charge is 0.508 e. The van der Waals surface area contributed by atoms with Crippen LogP contribution in [0.4, 0.5) is 0 Å². The van der Waals surface area contributed by atoms with E-state index in [1.165, 1.54) is 0 Å². The fourth-order valence-corrected chi connectivity index (χ4v) is 2.25. The van der Waals surface area contributed by atoms with Gasteiger partial charge in [0.15, 0.2) is 0 Å². The Morgan fingerprint density at radius 2 is 2.27 bits per heavy atom. The van der Waals surface area contributed by atoms with Crippen LogP contribution >= 0.6 is 0 Å². The van der Waals surface area contributed by atoms with Gasteiger partial charge >= 0.3 is 0 Å². The number of phenols is 1. The Morgan fingerprint density at radius 1 is 1.47 bits per heavy atom. The van der Waals surface area contributed by atoms with Crippen LogP contribution in [0.25, 0.3) is 0 Å². The zero-order chi connectivity index (χ0) is 10.8. The molecule has 2 nitrogen and oxygen atoms in total. The third kappa shape index (κ3) is 2.20. The number of rotatable bonds is 2. The second-order valence-corrected chi connectivity index (χ2v) is 4.39. The molecule has 15 heavy (non-hydrogen) atoms. The molecule has 0 bridgehead atoms. The summed E-state index contributed by atoms with van der Waals surface area (Å²) in [7, 11) is 0. The lowest BCUT2D eigenvalue weighted by atomic mass is 9.95. The molecule has 1 fully saturated rings. The summed E-state index contributed by atoms with van der Waals surface area (Å²) >= 11 is 0. The van der Waals surface area contributed by atoms with Gasteiger partial charge in [0.05, 0.1) is 0 Å². The Kier molecular flexibility index (Phi) is 2.76. The van der Waals surface area contributed by atoms with Crippen LogP contribution in [0.1, 0.15) is 30.4 Å². The standard InChI is InChI=1S/C13H16O2/c1-9-5-6-13(15)11(7-9)8-10-3-2-4-12(10)14/h5-7,10,15H,2-4,8H2,1H3. The molecule has 1 N–H and O–H groups in total. The number of aryl methyl sites for hydroxylation is 1. The second kappa shape index (κ2) is 4.05. The third-order valence-corrected chi connectivity index (χ3v) is 3.13. The average Bonchev–Trinajstić information content (AvgIpc) is 2.58. The first-order valence-corrected chi connectivity index (χ1v) is 5.48. The smallest absolute Gasteiger partial charge is 0.136 e. The lowest BCUT2D eigenvalue weighted by Crippen LogP contribution is -2.09. The Bertz CT molecular complexity index is 382. The van der Waals surface area contributed by atoms with Crippen molar-refractivity contribution in [1.82, 2.24) is 0 Å². The molecule has 1 aliphatic rings. The van der Waals surface area contributed by atoms with Crippen molar-refractivity contribution in [3.63, 3.8) is 0 Å². The molecule has 1 aromatic carbocycles. The number of carbonyl (C=O) groups is 1. The van der Waals surface area contributed by atoms with E-state index in [4.69, 9.17) is 0 Å². The van der Waals surface area contributed by atoms with Crippen LogP contribution in [-0.2, 0) is 11.2 Å². The Balaban J connectivity index is 2.16. The maximum atomic E-state index is 11.5. The average molecular weight is 204 g/mol. The van der Waals surface area contributed by atoms with Gasteiger partial charge in [-0.1, -0.05) is 17.7 Å². The minimum atomic E-state index is 0.137. The third-order valence-electron chi connectivity index (χ3n) is 3.13. The van der Waals surface area contributed by atoms with Crippen molar-refractivity contribution in [2.75, 3.05) is 0 Å². The molecule has 0 aromatic heterocycles. The predicted molar refractivity (Wildman–Crippen MR) is 58.9 cm³/mol. The topological polar surface area (TPSA) is 37.3 Å². The summed E-state index contributed by atoms with van der Waals surface area (Å²) in [6.07, 6.45) is 3.41. The number of carbonyl (C=O) groups excluding carboxylic acids is 1. The van der Waals surface area contributed by atoms with Crippen LogP contribution in [0.3, 0.4) is 0 Å². The summed E-state index contributed by atoms with van der Waals surface area (Å²) in [5.41, 5.74) is 2.04. The normalized spacial score (nSPS) is 20.9. The highest BCUT2D eigenvalue weighted by Gasteiger charge is 2.25. The fourth-order valence-electron chi connectivity index (χ4n) is 2.25. The summed E-state index contributed by atoms with van der Waals surface area (Å²) in [5, 5.41) is 9.67. The maximum absolute atomic E-state index is 11.5. The van der Waals surface area contributed by atoms with Crippen LogP contribution < -0.4 is 0 Å². The molecular formula is C13H16O2. The van der Waals surface area contributed by atoms with Crippen molar-refractivity contribution in [2.45, 2.75) is 32.6 Å². The monoisotopic (exact) mass is 204 g/mol. The molecule has 1 aliphatic carbocycles. The molecule has 1 aromatic rings. The van der Waals surface area contributed by atoms with Gasteiger partial charge in [-0.05, 0) is 37.8 Å². The molecule has 2 rings (SSSR count). The van der Waals surface area contributed by atoms with Crippen LogP contribution in [0.2, 0.25) is 0 Å². The Morgan fingerprint density at radius 3 is 2.93 bits per heavy atom. The van der Waals surface area contributed by atoms with E-state index in [2.05, 4.69) is 0 Å². The van der Waals surface area contributed by atoms with Crippen LogP contribution in [0.5, 0.6) is 5.75 Å². The van der Waals surface area contributed by atoms with Crippen molar-refractivity contribution in [3.8, 4) is 5.75 Å². The van der Waals surface area contributed by atoms with Crippen LogP contribution in [-0.4, -0.2) is 10.9 Å². The van der Waals surface area contributed by atoms with Gasteiger partial charge in [-0.2, -0.15) is 0 Å². The molecule has 80 valence electrons. The summed E-state index contributed by atoms with van der Waals surface area (Å²) in [6, 6.07) is 5.57. The number of Topliss-reactive ketones (excluding diaryl/α,β-unsaturated/α-hetero) is 1. The highest BCUT2D eigenvalue weighted by atomic mass is 16.3. The molecule has 1 atom stereocenters.